The summed E-state index contributed by atoms with van der Waals surface area (Å²) in [6.07, 6.45) is 0. The Morgan fingerprint density at radius 3 is 2.62 bits per heavy atom. The molecule has 7 heteroatoms. The van der Waals surface area contributed by atoms with Gasteiger partial charge < -0.3 is 20.1 Å². The molecule has 0 bridgehead atoms. The number of anilines is 1. The summed E-state index contributed by atoms with van der Waals surface area (Å²) < 4.78 is 29.1. The highest BCUT2D eigenvalue weighted by Crippen LogP contribution is 2.29. The number of aryl methyl sites for hydroxylation is 1. The molecule has 0 fully saturated rings. The number of ether oxygens (including phenoxy) is 1. The minimum absolute atomic E-state index is 0.0930. The zero-order valence-corrected chi connectivity index (χ0v) is 12.5. The van der Waals surface area contributed by atoms with Crippen molar-refractivity contribution in [3.8, 4) is 5.75 Å². The number of nitrogens with one attached hydrogen (secondary N) is 1. The van der Waals surface area contributed by atoms with E-state index in [0.29, 0.717) is 5.56 Å². The molecule has 0 aliphatic heterocycles. The van der Waals surface area contributed by atoms with Gasteiger partial charge in [0, 0.05) is 7.05 Å². The lowest BCUT2D eigenvalue weighted by molar-refractivity contribution is -0.0493. The number of hydrogen-bond donors (Lipinski definition) is 2. The van der Waals surface area contributed by atoms with Gasteiger partial charge in [0.25, 0.3) is 0 Å². The van der Waals surface area contributed by atoms with Gasteiger partial charge in [-0.15, -0.1) is 0 Å². The average molecular weight is 302 g/mol. The summed E-state index contributed by atoms with van der Waals surface area (Å²) in [7, 11) is 1.50. The first-order valence-corrected chi connectivity index (χ1v) is 6.39. The van der Waals surface area contributed by atoms with Crippen LogP contribution in [0.5, 0.6) is 5.75 Å². The van der Waals surface area contributed by atoms with E-state index in [1.807, 2.05) is 0 Å². The maximum absolute atomic E-state index is 12.4. The quantitative estimate of drug-likeness (QED) is 0.879. The van der Waals surface area contributed by atoms with Crippen LogP contribution in [0.4, 0.5) is 19.3 Å². The van der Waals surface area contributed by atoms with Gasteiger partial charge in [0.1, 0.15) is 5.75 Å². The van der Waals surface area contributed by atoms with Gasteiger partial charge in [-0.3, -0.25) is 0 Å². The summed E-state index contributed by atoms with van der Waals surface area (Å²) in [6.45, 7) is 1.92. The fraction of sp³-hybridized carbons (Fsp3) is 0.500. The lowest BCUT2D eigenvalue weighted by Gasteiger charge is -2.26. The molecule has 0 spiro atoms. The first kappa shape index (κ1) is 17.2. The third-order valence-corrected chi connectivity index (χ3v) is 2.65. The number of benzene rings is 1. The van der Waals surface area contributed by atoms with Crippen LogP contribution in [0, 0.1) is 6.92 Å². The molecular weight excluding hydrogens is 282 g/mol. The molecule has 2 amide bonds. The second-order valence-corrected chi connectivity index (χ2v) is 5.43. The number of urea groups is 1. The van der Waals surface area contributed by atoms with Crippen LogP contribution in [0.3, 0.4) is 0 Å². The Labute approximate surface area is 122 Å². The largest absolute Gasteiger partial charge is 0.433 e. The van der Waals surface area contributed by atoms with Gasteiger partial charge >= 0.3 is 12.6 Å². The smallest absolute Gasteiger partial charge is 0.387 e. The molecule has 0 saturated carbocycles. The maximum atomic E-state index is 12.4. The number of carbonyl (C=O) groups is 1. The maximum Gasteiger partial charge on any atom is 0.387 e. The van der Waals surface area contributed by atoms with E-state index in [4.69, 9.17) is 0 Å². The van der Waals surface area contributed by atoms with Crippen LogP contribution in [-0.4, -0.2) is 41.8 Å². The molecule has 1 rings (SSSR count). The molecule has 0 atom stereocenters. The van der Waals surface area contributed by atoms with E-state index in [1.54, 1.807) is 32.9 Å². The van der Waals surface area contributed by atoms with Crippen molar-refractivity contribution in [1.29, 1.82) is 0 Å². The second kappa shape index (κ2) is 6.71. The molecule has 0 aliphatic rings. The first-order chi connectivity index (χ1) is 9.60. The zero-order valence-electron chi connectivity index (χ0n) is 12.5. The highest BCUT2D eigenvalue weighted by molar-refractivity contribution is 5.91. The molecule has 0 radical (unpaired) electrons. The minimum Gasteiger partial charge on any atom is -0.433 e. The molecule has 0 saturated heterocycles. The van der Waals surface area contributed by atoms with E-state index in [2.05, 4.69) is 10.1 Å². The lowest BCUT2D eigenvalue weighted by Crippen LogP contribution is -2.41. The van der Waals surface area contributed by atoms with Crippen molar-refractivity contribution in [1.82, 2.24) is 4.90 Å². The van der Waals surface area contributed by atoms with Crippen LogP contribution in [0.2, 0.25) is 0 Å². The summed E-state index contributed by atoms with van der Waals surface area (Å²) in [5, 5.41) is 12.2. The predicted octanol–water partition coefficient (Wildman–Crippen LogP) is 2.83. The Hall–Kier alpha value is -1.89. The van der Waals surface area contributed by atoms with Crippen LogP contribution < -0.4 is 10.1 Å². The Morgan fingerprint density at radius 1 is 1.48 bits per heavy atom. The molecule has 0 aromatic heterocycles. The summed E-state index contributed by atoms with van der Waals surface area (Å²) in [5.74, 6) is -0.102. The zero-order chi connectivity index (χ0) is 16.2. The van der Waals surface area contributed by atoms with Crippen molar-refractivity contribution >= 4 is 11.7 Å². The highest BCUT2D eigenvalue weighted by atomic mass is 19.3. The number of rotatable bonds is 5. The van der Waals surface area contributed by atoms with Gasteiger partial charge in [-0.05, 0) is 32.4 Å². The van der Waals surface area contributed by atoms with E-state index in [9.17, 15) is 18.7 Å². The van der Waals surface area contributed by atoms with Gasteiger partial charge in [0.15, 0.2) is 0 Å². The highest BCUT2D eigenvalue weighted by Gasteiger charge is 2.21. The van der Waals surface area contributed by atoms with Crippen LogP contribution in [0.15, 0.2) is 18.2 Å². The van der Waals surface area contributed by atoms with E-state index >= 15 is 0 Å². The molecule has 0 aliphatic carbocycles. The number of carbonyl (C=O) groups excluding carboxylic acids is 1. The third-order valence-electron chi connectivity index (χ3n) is 2.65. The standard InChI is InChI=1S/C14H20F2N2O3/c1-9-6-5-7-10(21-12(15)16)11(9)17-13(19)18(4)8-14(2,3)20/h5-7,12,20H,8H2,1-4H3,(H,17,19). The van der Waals surface area contributed by atoms with Crippen LogP contribution in [0.1, 0.15) is 19.4 Å². The van der Waals surface area contributed by atoms with Gasteiger partial charge in [0.05, 0.1) is 17.8 Å². The van der Waals surface area contributed by atoms with Crippen molar-refractivity contribution in [2.45, 2.75) is 33.0 Å². The Kier molecular flexibility index (Phi) is 5.48. The SMILES string of the molecule is Cc1cccc(OC(F)F)c1NC(=O)N(C)CC(C)(C)O. The molecule has 0 heterocycles. The van der Waals surface area contributed by atoms with Crippen LogP contribution >= 0.6 is 0 Å². The third kappa shape index (κ3) is 5.55. The monoisotopic (exact) mass is 302 g/mol. The number of amides is 2. The number of para-hydroxylation sites is 1. The number of likely N-dealkylation sites (N-methyl/N-ethyl adjacent to an activating group) is 1. The summed E-state index contributed by atoms with van der Waals surface area (Å²) in [6, 6.07) is 4.06. The minimum atomic E-state index is -2.98. The fourth-order valence-corrected chi connectivity index (χ4v) is 1.85. The van der Waals surface area contributed by atoms with Gasteiger partial charge in [-0.25, -0.2) is 4.79 Å². The molecule has 2 N–H and O–H groups in total. The molecule has 5 nitrogen and oxygen atoms in total. The molecular formula is C14H20F2N2O3. The predicted molar refractivity (Wildman–Crippen MR) is 75.8 cm³/mol. The van der Waals surface area contributed by atoms with Crippen molar-refractivity contribution in [2.75, 3.05) is 18.9 Å². The fourth-order valence-electron chi connectivity index (χ4n) is 1.85. The number of nitrogens with zero attached hydrogens (tertiary/aromatic N) is 1. The van der Waals surface area contributed by atoms with Gasteiger partial charge in [-0.2, -0.15) is 8.78 Å². The number of aliphatic hydroxyl groups is 1. The Bertz CT molecular complexity index is 501. The van der Waals surface area contributed by atoms with E-state index in [1.165, 1.54) is 18.0 Å². The summed E-state index contributed by atoms with van der Waals surface area (Å²) in [4.78, 5) is 13.3. The summed E-state index contributed by atoms with van der Waals surface area (Å²) in [5.41, 5.74) is -0.274. The number of alkyl halides is 2. The molecule has 1 aromatic carbocycles. The topological polar surface area (TPSA) is 61.8 Å². The van der Waals surface area contributed by atoms with E-state index in [-0.39, 0.29) is 18.0 Å². The van der Waals surface area contributed by atoms with Crippen molar-refractivity contribution < 1.29 is 23.4 Å². The number of halogens is 2. The Balaban J connectivity index is 2.89. The molecule has 0 unspecified atom stereocenters. The van der Waals surface area contributed by atoms with Crippen molar-refractivity contribution in [2.24, 2.45) is 0 Å². The lowest BCUT2D eigenvalue weighted by atomic mass is 10.1. The average Bonchev–Trinajstić information content (AvgIpc) is 2.30. The van der Waals surface area contributed by atoms with Crippen molar-refractivity contribution in [3.63, 3.8) is 0 Å². The summed E-state index contributed by atoms with van der Waals surface area (Å²) >= 11 is 0. The van der Waals surface area contributed by atoms with E-state index < -0.39 is 18.2 Å². The molecule has 21 heavy (non-hydrogen) atoms. The van der Waals surface area contributed by atoms with E-state index in [0.717, 1.165) is 0 Å². The first-order valence-electron chi connectivity index (χ1n) is 6.39. The Morgan fingerprint density at radius 2 is 2.10 bits per heavy atom. The molecule has 118 valence electrons. The van der Waals surface area contributed by atoms with Gasteiger partial charge in [-0.1, -0.05) is 12.1 Å². The van der Waals surface area contributed by atoms with Crippen LogP contribution in [0.25, 0.3) is 0 Å². The van der Waals surface area contributed by atoms with Crippen molar-refractivity contribution in [3.05, 3.63) is 23.8 Å². The van der Waals surface area contributed by atoms with Gasteiger partial charge in [0.2, 0.25) is 0 Å². The second-order valence-electron chi connectivity index (χ2n) is 5.43. The molecule has 1 aromatic rings. The normalized spacial score (nSPS) is 11.4. The number of hydrogen-bond acceptors (Lipinski definition) is 3. The van der Waals surface area contributed by atoms with Crippen LogP contribution in [-0.2, 0) is 0 Å².